The molecule has 1 atom stereocenters. The van der Waals surface area contributed by atoms with Crippen LogP contribution in [0.1, 0.15) is 44.1 Å². The topological polar surface area (TPSA) is 42.0 Å². The second kappa shape index (κ2) is 10.7. The molecule has 1 saturated carbocycles. The zero-order valence-corrected chi connectivity index (χ0v) is 19.6. The van der Waals surface area contributed by atoms with E-state index < -0.39 is 0 Å². The highest BCUT2D eigenvalue weighted by Gasteiger charge is 2.27. The highest BCUT2D eigenvalue weighted by Crippen LogP contribution is 2.31. The van der Waals surface area contributed by atoms with E-state index in [0.717, 1.165) is 36.8 Å². The molecule has 2 aliphatic rings. The van der Waals surface area contributed by atoms with Crippen LogP contribution in [0.3, 0.4) is 0 Å². The Labute approximate surface area is 183 Å². The molecule has 162 valence electrons. The first kappa shape index (κ1) is 22.4. The third-order valence-electron chi connectivity index (χ3n) is 6.41. The van der Waals surface area contributed by atoms with E-state index in [4.69, 9.17) is 9.47 Å². The molecular weight excluding hydrogens is 432 g/mol. The molecule has 1 aromatic carbocycles. The number of hydrogen-bond acceptors (Lipinski definition) is 4. The van der Waals surface area contributed by atoms with Gasteiger partial charge in [-0.15, -0.1) is 0 Å². The summed E-state index contributed by atoms with van der Waals surface area (Å²) in [4.78, 5) is 15.8. The molecule has 29 heavy (non-hydrogen) atoms. The molecule has 0 radical (unpaired) electrons. The monoisotopic (exact) mass is 466 g/mol. The molecule has 1 amide bonds. The summed E-state index contributed by atoms with van der Waals surface area (Å²) < 4.78 is 12.1. The summed E-state index contributed by atoms with van der Waals surface area (Å²) in [5, 5.41) is 0. The Morgan fingerprint density at radius 2 is 1.93 bits per heavy atom. The Hall–Kier alpha value is -1.27. The molecule has 3 rings (SSSR count). The van der Waals surface area contributed by atoms with Crippen molar-refractivity contribution in [2.75, 3.05) is 40.8 Å². The number of carbonyl (C=O) groups is 1. The zero-order valence-electron chi connectivity index (χ0n) is 18.0. The van der Waals surface area contributed by atoms with Gasteiger partial charge in [0, 0.05) is 25.1 Å². The Bertz CT molecular complexity index is 674. The lowest BCUT2D eigenvalue weighted by molar-refractivity contribution is 0.0450. The number of halogens is 1. The smallest absolute Gasteiger partial charge is 0.409 e. The maximum atomic E-state index is 11.7. The molecule has 1 saturated heterocycles. The van der Waals surface area contributed by atoms with E-state index in [1.807, 2.05) is 6.07 Å². The van der Waals surface area contributed by atoms with Crippen molar-refractivity contribution in [1.82, 2.24) is 9.80 Å². The molecule has 0 bridgehead atoms. The quantitative estimate of drug-likeness (QED) is 0.568. The molecule has 0 aromatic heterocycles. The van der Waals surface area contributed by atoms with E-state index >= 15 is 0 Å². The SMILES string of the molecule is COc1ccc(Br)c(CC2CCN(CCC3CCC(OC(=O)N(C)C)CC3)C2)c1. The van der Waals surface area contributed by atoms with Crippen molar-refractivity contribution in [3.05, 3.63) is 28.2 Å². The van der Waals surface area contributed by atoms with Gasteiger partial charge in [0.15, 0.2) is 0 Å². The van der Waals surface area contributed by atoms with E-state index in [2.05, 4.69) is 33.0 Å². The largest absolute Gasteiger partial charge is 0.497 e. The van der Waals surface area contributed by atoms with E-state index in [1.165, 1.54) is 60.3 Å². The minimum Gasteiger partial charge on any atom is -0.497 e. The maximum Gasteiger partial charge on any atom is 0.409 e. The van der Waals surface area contributed by atoms with Gasteiger partial charge in [0.1, 0.15) is 11.9 Å². The third-order valence-corrected chi connectivity index (χ3v) is 7.19. The molecule has 0 N–H and O–H groups in total. The van der Waals surface area contributed by atoms with Crippen LogP contribution in [-0.4, -0.2) is 62.8 Å². The van der Waals surface area contributed by atoms with Crippen LogP contribution in [0.2, 0.25) is 0 Å². The lowest BCUT2D eigenvalue weighted by Crippen LogP contribution is -2.31. The summed E-state index contributed by atoms with van der Waals surface area (Å²) in [6.07, 6.45) is 7.93. The molecule has 6 heteroatoms. The Kier molecular flexibility index (Phi) is 8.25. The van der Waals surface area contributed by atoms with Crippen LogP contribution in [0.25, 0.3) is 0 Å². The Morgan fingerprint density at radius 3 is 2.62 bits per heavy atom. The van der Waals surface area contributed by atoms with Gasteiger partial charge in [0.25, 0.3) is 0 Å². The van der Waals surface area contributed by atoms with E-state index in [1.54, 1.807) is 21.2 Å². The van der Waals surface area contributed by atoms with Crippen molar-refractivity contribution in [1.29, 1.82) is 0 Å². The number of carbonyl (C=O) groups excluding carboxylic acids is 1. The standard InChI is InChI=1S/C23H35BrN2O3/c1-25(2)23(27)29-20-6-4-17(5-7-20)10-12-26-13-11-18(16-26)14-19-15-21(28-3)8-9-22(19)24/h8-9,15,17-18,20H,4-7,10-14,16H2,1-3H3. The minimum atomic E-state index is -0.209. The summed E-state index contributed by atoms with van der Waals surface area (Å²) in [7, 11) is 5.21. The van der Waals surface area contributed by atoms with Gasteiger partial charge in [-0.25, -0.2) is 4.79 Å². The van der Waals surface area contributed by atoms with Gasteiger partial charge in [0.2, 0.25) is 0 Å². The second-order valence-corrected chi connectivity index (χ2v) is 9.68. The van der Waals surface area contributed by atoms with Gasteiger partial charge in [0.05, 0.1) is 7.11 Å². The molecule has 1 aromatic rings. The van der Waals surface area contributed by atoms with Gasteiger partial charge in [-0.05, 0) is 93.6 Å². The molecule has 1 unspecified atom stereocenters. The molecule has 1 aliphatic carbocycles. The van der Waals surface area contributed by atoms with Crippen LogP contribution in [0.5, 0.6) is 5.75 Å². The molecule has 5 nitrogen and oxygen atoms in total. The lowest BCUT2D eigenvalue weighted by atomic mass is 9.85. The molecular formula is C23H35BrN2O3. The average molecular weight is 467 g/mol. The number of rotatable bonds is 7. The zero-order chi connectivity index (χ0) is 20.8. The maximum absolute atomic E-state index is 11.7. The number of hydrogen-bond donors (Lipinski definition) is 0. The van der Waals surface area contributed by atoms with Crippen molar-refractivity contribution in [3.8, 4) is 5.75 Å². The van der Waals surface area contributed by atoms with Crippen LogP contribution < -0.4 is 4.74 Å². The summed E-state index contributed by atoms with van der Waals surface area (Å²) in [6, 6.07) is 6.26. The fraction of sp³-hybridized carbons (Fsp3) is 0.696. The minimum absolute atomic E-state index is 0.110. The summed E-state index contributed by atoms with van der Waals surface area (Å²) in [5.41, 5.74) is 1.35. The number of nitrogens with zero attached hydrogens (tertiary/aromatic N) is 2. The fourth-order valence-corrected chi connectivity index (χ4v) is 4.99. The van der Waals surface area contributed by atoms with Crippen LogP contribution in [0, 0.1) is 11.8 Å². The third kappa shape index (κ3) is 6.61. The highest BCUT2D eigenvalue weighted by molar-refractivity contribution is 9.10. The first-order valence-electron chi connectivity index (χ1n) is 10.9. The van der Waals surface area contributed by atoms with Crippen molar-refractivity contribution >= 4 is 22.0 Å². The van der Waals surface area contributed by atoms with E-state index in [-0.39, 0.29) is 12.2 Å². The lowest BCUT2D eigenvalue weighted by Gasteiger charge is -2.30. The number of benzene rings is 1. The van der Waals surface area contributed by atoms with Gasteiger partial charge < -0.3 is 19.3 Å². The summed E-state index contributed by atoms with van der Waals surface area (Å²) in [5.74, 6) is 2.43. The van der Waals surface area contributed by atoms with Gasteiger partial charge in [-0.2, -0.15) is 0 Å². The van der Waals surface area contributed by atoms with Crippen molar-refractivity contribution in [3.63, 3.8) is 0 Å². The van der Waals surface area contributed by atoms with E-state index in [9.17, 15) is 4.79 Å². The number of amides is 1. The van der Waals surface area contributed by atoms with E-state index in [0.29, 0.717) is 0 Å². The van der Waals surface area contributed by atoms with Crippen molar-refractivity contribution < 1.29 is 14.3 Å². The molecule has 2 fully saturated rings. The Balaban J connectivity index is 1.36. The first-order valence-corrected chi connectivity index (χ1v) is 11.7. The predicted molar refractivity (Wildman–Crippen MR) is 119 cm³/mol. The van der Waals surface area contributed by atoms with Crippen LogP contribution in [0.4, 0.5) is 4.79 Å². The first-order chi connectivity index (χ1) is 13.9. The van der Waals surface area contributed by atoms with Gasteiger partial charge in [-0.3, -0.25) is 0 Å². The van der Waals surface area contributed by atoms with Crippen LogP contribution in [-0.2, 0) is 11.2 Å². The molecule has 0 spiro atoms. The number of likely N-dealkylation sites (tertiary alicyclic amines) is 1. The predicted octanol–water partition coefficient (Wildman–Crippen LogP) is 4.97. The van der Waals surface area contributed by atoms with Crippen molar-refractivity contribution in [2.45, 2.75) is 51.0 Å². The summed E-state index contributed by atoms with van der Waals surface area (Å²) in [6.45, 7) is 3.60. The second-order valence-electron chi connectivity index (χ2n) is 8.83. The van der Waals surface area contributed by atoms with Crippen LogP contribution in [0.15, 0.2) is 22.7 Å². The number of ether oxygens (including phenoxy) is 2. The summed E-state index contributed by atoms with van der Waals surface area (Å²) >= 11 is 3.69. The van der Waals surface area contributed by atoms with Crippen LogP contribution >= 0.6 is 15.9 Å². The average Bonchev–Trinajstić information content (AvgIpc) is 3.16. The normalized spacial score (nSPS) is 25.0. The van der Waals surface area contributed by atoms with Gasteiger partial charge >= 0.3 is 6.09 Å². The molecule has 1 aliphatic heterocycles. The van der Waals surface area contributed by atoms with Crippen molar-refractivity contribution in [2.24, 2.45) is 11.8 Å². The number of methoxy groups -OCH3 is 1. The Morgan fingerprint density at radius 1 is 1.17 bits per heavy atom. The fourth-order valence-electron chi connectivity index (χ4n) is 4.58. The van der Waals surface area contributed by atoms with Gasteiger partial charge in [-0.1, -0.05) is 15.9 Å². The highest BCUT2D eigenvalue weighted by atomic mass is 79.9. The molecule has 1 heterocycles.